The first-order valence-corrected chi connectivity index (χ1v) is 6.93. The van der Waals surface area contributed by atoms with Gasteiger partial charge < -0.3 is 15.4 Å². The van der Waals surface area contributed by atoms with Gasteiger partial charge in [0.25, 0.3) is 0 Å². The lowest BCUT2D eigenvalue weighted by Crippen LogP contribution is -2.56. The zero-order valence-corrected chi connectivity index (χ0v) is 12.0. The van der Waals surface area contributed by atoms with Gasteiger partial charge in [0.05, 0.1) is 12.7 Å². The number of likely N-dealkylation sites (N-methyl/N-ethyl adjacent to an activating group) is 1. The van der Waals surface area contributed by atoms with E-state index in [4.69, 9.17) is 4.74 Å². The van der Waals surface area contributed by atoms with Gasteiger partial charge in [-0.15, -0.1) is 0 Å². The molecule has 106 valence electrons. The third-order valence-electron chi connectivity index (χ3n) is 3.43. The largest absolute Gasteiger partial charge is 0.375 e. The summed E-state index contributed by atoms with van der Waals surface area (Å²) in [4.78, 5) is 14.3. The van der Waals surface area contributed by atoms with Gasteiger partial charge in [0.15, 0.2) is 0 Å². The Labute approximate surface area is 110 Å². The van der Waals surface area contributed by atoms with E-state index in [2.05, 4.69) is 36.3 Å². The highest BCUT2D eigenvalue weighted by Crippen LogP contribution is 2.03. The summed E-state index contributed by atoms with van der Waals surface area (Å²) in [5.74, 6) is 0.0435. The number of carbonyl (C=O) groups is 1. The van der Waals surface area contributed by atoms with Crippen LogP contribution in [0.5, 0.6) is 0 Å². The second-order valence-electron chi connectivity index (χ2n) is 5.02. The van der Waals surface area contributed by atoms with Crippen molar-refractivity contribution in [1.29, 1.82) is 0 Å². The molecular weight excluding hydrogens is 230 g/mol. The predicted octanol–water partition coefficient (Wildman–Crippen LogP) is 0.210. The van der Waals surface area contributed by atoms with Crippen molar-refractivity contribution in [3.63, 3.8) is 0 Å². The molecule has 1 amide bonds. The summed E-state index contributed by atoms with van der Waals surface area (Å²) in [6, 6.07) is 0.301. The molecule has 0 aliphatic carbocycles. The van der Waals surface area contributed by atoms with Gasteiger partial charge in [-0.1, -0.05) is 6.92 Å². The van der Waals surface area contributed by atoms with E-state index in [9.17, 15) is 4.79 Å². The quantitative estimate of drug-likeness (QED) is 0.714. The molecule has 1 aliphatic heterocycles. The normalized spacial score (nSPS) is 24.6. The molecule has 0 saturated carbocycles. The van der Waals surface area contributed by atoms with Crippen LogP contribution in [0.4, 0.5) is 0 Å². The summed E-state index contributed by atoms with van der Waals surface area (Å²) in [6.45, 7) is 12.4. The maximum atomic E-state index is 12.0. The molecule has 18 heavy (non-hydrogen) atoms. The molecule has 0 bridgehead atoms. The second-order valence-corrected chi connectivity index (χ2v) is 5.02. The average Bonchev–Trinajstić information content (AvgIpc) is 2.34. The summed E-state index contributed by atoms with van der Waals surface area (Å²) < 4.78 is 5.46. The SMILES string of the molecule is CCN(CCNC(=O)[C@H]1NCCO[C@@H]1C)C(C)C. The lowest BCUT2D eigenvalue weighted by Gasteiger charge is -2.30. The molecule has 0 aromatic rings. The van der Waals surface area contributed by atoms with E-state index in [1.54, 1.807) is 0 Å². The zero-order chi connectivity index (χ0) is 13.5. The fourth-order valence-corrected chi connectivity index (χ4v) is 2.24. The van der Waals surface area contributed by atoms with E-state index in [1.165, 1.54) is 0 Å². The Morgan fingerprint density at radius 1 is 1.56 bits per heavy atom. The van der Waals surface area contributed by atoms with Crippen LogP contribution in [0.3, 0.4) is 0 Å². The minimum absolute atomic E-state index is 0.0435. The number of nitrogens with one attached hydrogen (secondary N) is 2. The molecule has 5 nitrogen and oxygen atoms in total. The number of morpholine rings is 1. The molecule has 1 rings (SSSR count). The van der Waals surface area contributed by atoms with Crippen LogP contribution in [0, 0.1) is 0 Å². The van der Waals surface area contributed by atoms with Gasteiger partial charge in [-0.05, 0) is 27.3 Å². The standard InChI is InChI=1S/C13H27N3O2/c1-5-16(10(2)3)8-6-15-13(17)12-11(4)18-9-7-14-12/h10-12,14H,5-9H2,1-4H3,(H,15,17)/t11-,12+/m1/s1. The lowest BCUT2D eigenvalue weighted by atomic mass is 10.1. The van der Waals surface area contributed by atoms with E-state index in [0.717, 1.165) is 19.6 Å². The predicted molar refractivity (Wildman–Crippen MR) is 72.6 cm³/mol. The summed E-state index contributed by atoms with van der Waals surface area (Å²) >= 11 is 0. The molecule has 1 heterocycles. The van der Waals surface area contributed by atoms with E-state index >= 15 is 0 Å². The molecule has 1 fully saturated rings. The summed E-state index contributed by atoms with van der Waals surface area (Å²) in [5.41, 5.74) is 0. The van der Waals surface area contributed by atoms with E-state index in [-0.39, 0.29) is 18.1 Å². The van der Waals surface area contributed by atoms with Gasteiger partial charge in [-0.25, -0.2) is 0 Å². The van der Waals surface area contributed by atoms with Gasteiger partial charge in [-0.3, -0.25) is 9.69 Å². The first-order chi connectivity index (χ1) is 8.56. The molecule has 0 unspecified atom stereocenters. The van der Waals surface area contributed by atoms with E-state index < -0.39 is 0 Å². The first-order valence-electron chi connectivity index (χ1n) is 6.93. The third-order valence-corrected chi connectivity index (χ3v) is 3.43. The van der Waals surface area contributed by atoms with Crippen LogP contribution in [0.25, 0.3) is 0 Å². The van der Waals surface area contributed by atoms with Crippen molar-refractivity contribution < 1.29 is 9.53 Å². The second kappa shape index (κ2) is 7.71. The zero-order valence-electron chi connectivity index (χ0n) is 12.0. The number of rotatable bonds is 6. The Morgan fingerprint density at radius 3 is 2.83 bits per heavy atom. The highest BCUT2D eigenvalue weighted by atomic mass is 16.5. The van der Waals surface area contributed by atoms with Gasteiger partial charge in [-0.2, -0.15) is 0 Å². The van der Waals surface area contributed by atoms with Gasteiger partial charge in [0.2, 0.25) is 5.91 Å². The molecule has 1 aliphatic rings. The van der Waals surface area contributed by atoms with Crippen LogP contribution in [-0.2, 0) is 9.53 Å². The van der Waals surface area contributed by atoms with Crippen molar-refractivity contribution in [2.75, 3.05) is 32.8 Å². The number of carbonyl (C=O) groups excluding carboxylic acids is 1. The summed E-state index contributed by atoms with van der Waals surface area (Å²) in [7, 11) is 0. The maximum Gasteiger partial charge on any atom is 0.239 e. The number of nitrogens with zero attached hydrogens (tertiary/aromatic N) is 1. The Hall–Kier alpha value is -0.650. The van der Waals surface area contributed by atoms with Gasteiger partial charge in [0.1, 0.15) is 6.04 Å². The average molecular weight is 257 g/mol. The summed E-state index contributed by atoms with van der Waals surface area (Å²) in [6.07, 6.45) is -0.0499. The highest BCUT2D eigenvalue weighted by molar-refractivity contribution is 5.82. The summed E-state index contributed by atoms with van der Waals surface area (Å²) in [5, 5.41) is 6.17. The van der Waals surface area contributed by atoms with Crippen LogP contribution in [0.15, 0.2) is 0 Å². The van der Waals surface area contributed by atoms with Crippen molar-refractivity contribution in [2.45, 2.75) is 45.9 Å². The molecular formula is C13H27N3O2. The van der Waals surface area contributed by atoms with E-state index in [1.807, 2.05) is 6.92 Å². The van der Waals surface area contributed by atoms with Crippen molar-refractivity contribution in [3.05, 3.63) is 0 Å². The van der Waals surface area contributed by atoms with Crippen LogP contribution < -0.4 is 10.6 Å². The van der Waals surface area contributed by atoms with Crippen LogP contribution in [-0.4, -0.2) is 61.8 Å². The lowest BCUT2D eigenvalue weighted by molar-refractivity contribution is -0.129. The Balaban J connectivity index is 2.27. The minimum Gasteiger partial charge on any atom is -0.375 e. The highest BCUT2D eigenvalue weighted by Gasteiger charge is 2.27. The van der Waals surface area contributed by atoms with Crippen molar-refractivity contribution in [2.24, 2.45) is 0 Å². The van der Waals surface area contributed by atoms with Crippen molar-refractivity contribution in [1.82, 2.24) is 15.5 Å². The molecule has 1 saturated heterocycles. The maximum absolute atomic E-state index is 12.0. The minimum atomic E-state index is -0.215. The Kier molecular flexibility index (Phi) is 6.60. The van der Waals surface area contributed by atoms with Crippen molar-refractivity contribution >= 4 is 5.91 Å². The third kappa shape index (κ3) is 4.55. The monoisotopic (exact) mass is 257 g/mol. The number of hydrogen-bond donors (Lipinski definition) is 2. The molecule has 2 N–H and O–H groups in total. The van der Waals surface area contributed by atoms with Crippen molar-refractivity contribution in [3.8, 4) is 0 Å². The molecule has 0 radical (unpaired) electrons. The van der Waals surface area contributed by atoms with Gasteiger partial charge >= 0.3 is 0 Å². The van der Waals surface area contributed by atoms with Crippen LogP contribution in [0.2, 0.25) is 0 Å². The number of ether oxygens (including phenoxy) is 1. The fraction of sp³-hybridized carbons (Fsp3) is 0.923. The molecule has 0 aromatic heterocycles. The topological polar surface area (TPSA) is 53.6 Å². The number of hydrogen-bond acceptors (Lipinski definition) is 4. The molecule has 5 heteroatoms. The fourth-order valence-electron chi connectivity index (χ4n) is 2.24. The van der Waals surface area contributed by atoms with E-state index in [0.29, 0.717) is 19.2 Å². The van der Waals surface area contributed by atoms with Crippen LogP contribution >= 0.6 is 0 Å². The smallest absolute Gasteiger partial charge is 0.239 e. The number of amides is 1. The molecule has 0 spiro atoms. The van der Waals surface area contributed by atoms with Gasteiger partial charge in [0, 0.05) is 25.7 Å². The molecule has 2 atom stereocenters. The Morgan fingerprint density at radius 2 is 2.28 bits per heavy atom. The van der Waals surface area contributed by atoms with Crippen LogP contribution in [0.1, 0.15) is 27.7 Å². The first kappa shape index (κ1) is 15.4. The molecule has 0 aromatic carbocycles. The Bertz CT molecular complexity index is 259.